The third kappa shape index (κ3) is 4.34. The molecule has 3 rings (SSSR count). The van der Waals surface area contributed by atoms with E-state index in [-0.39, 0.29) is 12.0 Å². The summed E-state index contributed by atoms with van der Waals surface area (Å²) >= 11 is 3.36. The monoisotopic (exact) mass is 400 g/mol. The van der Waals surface area contributed by atoms with E-state index >= 15 is 0 Å². The topological polar surface area (TPSA) is 78.0 Å². The second-order valence-corrected chi connectivity index (χ2v) is 6.62. The molecule has 0 radical (unpaired) electrons. The largest absolute Gasteiger partial charge is 0.490 e. The van der Waals surface area contributed by atoms with Gasteiger partial charge in [0.2, 0.25) is 0 Å². The minimum Gasteiger partial charge on any atom is -0.490 e. The zero-order valence-corrected chi connectivity index (χ0v) is 15.1. The molecular formula is C18H17BrN4O2. The van der Waals surface area contributed by atoms with Crippen LogP contribution in [-0.2, 0) is 4.79 Å². The van der Waals surface area contributed by atoms with Crippen LogP contribution in [0.3, 0.4) is 0 Å². The van der Waals surface area contributed by atoms with Crippen LogP contribution in [-0.4, -0.2) is 36.5 Å². The SMILES string of the molecule is N#Cc1ccc(OC2CCN(C(=O)C3=CC=CCN=N3)CC2)cc1Br. The maximum atomic E-state index is 12.5. The standard InChI is InChI=1S/C18H17BrN4O2/c19-16-11-15(5-4-13(16)12-20)25-14-6-9-23(10-7-14)18(24)17-3-1-2-8-21-22-17/h1-5,11,14H,6-10H2. The summed E-state index contributed by atoms with van der Waals surface area (Å²) in [6.45, 7) is 1.75. The average molecular weight is 401 g/mol. The normalized spacial score (nSPS) is 17.6. The summed E-state index contributed by atoms with van der Waals surface area (Å²) < 4.78 is 6.71. The Morgan fingerprint density at radius 3 is 2.88 bits per heavy atom. The van der Waals surface area contributed by atoms with Gasteiger partial charge in [-0.2, -0.15) is 10.4 Å². The fraction of sp³-hybridized carbons (Fsp3) is 0.333. The number of nitriles is 1. The number of piperidine rings is 1. The lowest BCUT2D eigenvalue weighted by Crippen LogP contribution is -2.42. The van der Waals surface area contributed by atoms with Crippen molar-refractivity contribution in [3.05, 3.63) is 52.2 Å². The maximum Gasteiger partial charge on any atom is 0.274 e. The lowest BCUT2D eigenvalue weighted by atomic mass is 10.1. The lowest BCUT2D eigenvalue weighted by Gasteiger charge is -2.32. The van der Waals surface area contributed by atoms with Crippen LogP contribution in [0.5, 0.6) is 5.75 Å². The Labute approximate surface area is 154 Å². The Morgan fingerprint density at radius 2 is 2.16 bits per heavy atom. The van der Waals surface area contributed by atoms with Gasteiger partial charge >= 0.3 is 0 Å². The predicted octanol–water partition coefficient (Wildman–Crippen LogP) is 3.60. The molecular weight excluding hydrogens is 384 g/mol. The van der Waals surface area contributed by atoms with E-state index in [0.29, 0.717) is 30.9 Å². The number of hydrogen-bond donors (Lipinski definition) is 0. The first-order chi connectivity index (χ1) is 12.2. The Hall–Kier alpha value is -2.46. The van der Waals surface area contributed by atoms with Gasteiger partial charge in [-0.05, 0) is 40.2 Å². The molecule has 2 heterocycles. The van der Waals surface area contributed by atoms with Crippen LogP contribution in [0, 0.1) is 11.3 Å². The number of azo groups is 1. The fourth-order valence-electron chi connectivity index (χ4n) is 2.72. The van der Waals surface area contributed by atoms with Crippen molar-refractivity contribution in [1.82, 2.24) is 4.90 Å². The Morgan fingerprint density at radius 1 is 1.36 bits per heavy atom. The van der Waals surface area contributed by atoms with Crippen LogP contribution in [0.2, 0.25) is 0 Å². The molecule has 0 saturated carbocycles. The second kappa shape index (κ2) is 8.08. The number of likely N-dealkylation sites (tertiary alicyclic amines) is 1. The number of ether oxygens (including phenoxy) is 1. The molecule has 1 aromatic rings. The number of allylic oxidation sites excluding steroid dienone is 2. The van der Waals surface area contributed by atoms with E-state index in [0.717, 1.165) is 23.1 Å². The second-order valence-electron chi connectivity index (χ2n) is 5.77. The molecule has 0 aromatic heterocycles. The number of nitrogens with zero attached hydrogens (tertiary/aromatic N) is 4. The Balaban J connectivity index is 1.56. The summed E-state index contributed by atoms with van der Waals surface area (Å²) in [4.78, 5) is 14.3. The Kier molecular flexibility index (Phi) is 5.61. The van der Waals surface area contributed by atoms with Crippen molar-refractivity contribution < 1.29 is 9.53 Å². The molecule has 1 amide bonds. The molecule has 0 N–H and O–H groups in total. The predicted molar refractivity (Wildman–Crippen MR) is 96.0 cm³/mol. The van der Waals surface area contributed by atoms with E-state index in [9.17, 15) is 4.79 Å². The quantitative estimate of drug-likeness (QED) is 0.777. The number of carbonyl (C=O) groups is 1. The number of halogens is 1. The lowest BCUT2D eigenvalue weighted by molar-refractivity contribution is -0.129. The molecule has 1 saturated heterocycles. The third-order valence-corrected chi connectivity index (χ3v) is 4.72. The van der Waals surface area contributed by atoms with Crippen molar-refractivity contribution >= 4 is 21.8 Å². The summed E-state index contributed by atoms with van der Waals surface area (Å²) in [5.74, 6) is 0.635. The number of amides is 1. The number of benzene rings is 1. The minimum absolute atomic E-state index is 0.0496. The van der Waals surface area contributed by atoms with Gasteiger partial charge in [-0.3, -0.25) is 4.79 Å². The van der Waals surface area contributed by atoms with Gasteiger partial charge in [0.05, 0.1) is 12.1 Å². The molecule has 2 aliphatic rings. The highest BCUT2D eigenvalue weighted by Gasteiger charge is 2.26. The molecule has 128 valence electrons. The number of hydrogen-bond acceptors (Lipinski definition) is 5. The summed E-state index contributed by atoms with van der Waals surface area (Å²) in [6, 6.07) is 7.44. The zero-order chi connectivity index (χ0) is 17.6. The van der Waals surface area contributed by atoms with Crippen molar-refractivity contribution in [2.24, 2.45) is 10.2 Å². The van der Waals surface area contributed by atoms with E-state index in [2.05, 4.69) is 32.2 Å². The average Bonchev–Trinajstić information content (AvgIpc) is 2.91. The highest BCUT2D eigenvalue weighted by Crippen LogP contribution is 2.25. The van der Waals surface area contributed by atoms with Crippen molar-refractivity contribution in [3.8, 4) is 11.8 Å². The van der Waals surface area contributed by atoms with Crippen molar-refractivity contribution in [2.45, 2.75) is 18.9 Å². The molecule has 25 heavy (non-hydrogen) atoms. The van der Waals surface area contributed by atoms with Gasteiger partial charge in [-0.25, -0.2) is 0 Å². The first-order valence-corrected chi connectivity index (χ1v) is 8.86. The van der Waals surface area contributed by atoms with E-state index in [1.807, 2.05) is 12.2 Å². The van der Waals surface area contributed by atoms with Gasteiger partial charge in [0.15, 0.2) is 5.70 Å². The number of rotatable bonds is 3. The van der Waals surface area contributed by atoms with Gasteiger partial charge < -0.3 is 9.64 Å². The summed E-state index contributed by atoms with van der Waals surface area (Å²) in [6.07, 6.45) is 6.93. The molecule has 1 aromatic carbocycles. The summed E-state index contributed by atoms with van der Waals surface area (Å²) in [5, 5.41) is 16.9. The van der Waals surface area contributed by atoms with Crippen LogP contribution >= 0.6 is 15.9 Å². The van der Waals surface area contributed by atoms with Crippen molar-refractivity contribution in [1.29, 1.82) is 5.26 Å². The van der Waals surface area contributed by atoms with Crippen LogP contribution in [0.25, 0.3) is 0 Å². The molecule has 0 bridgehead atoms. The summed E-state index contributed by atoms with van der Waals surface area (Å²) in [7, 11) is 0. The number of carbonyl (C=O) groups excluding carboxylic acids is 1. The molecule has 0 spiro atoms. The Bertz CT molecular complexity index is 787. The van der Waals surface area contributed by atoms with Gasteiger partial charge in [0.25, 0.3) is 5.91 Å². The molecule has 6 nitrogen and oxygen atoms in total. The smallest absolute Gasteiger partial charge is 0.274 e. The van der Waals surface area contributed by atoms with Crippen molar-refractivity contribution in [3.63, 3.8) is 0 Å². The molecule has 0 unspecified atom stereocenters. The van der Waals surface area contributed by atoms with Crippen LogP contribution in [0.15, 0.2) is 56.8 Å². The molecule has 1 fully saturated rings. The van der Waals surface area contributed by atoms with Gasteiger partial charge in [-0.1, -0.05) is 12.2 Å². The molecule has 0 atom stereocenters. The van der Waals surface area contributed by atoms with Crippen LogP contribution < -0.4 is 4.74 Å². The van der Waals surface area contributed by atoms with E-state index in [1.165, 1.54) is 0 Å². The molecule has 7 heteroatoms. The first kappa shape index (κ1) is 17.4. The van der Waals surface area contributed by atoms with E-state index in [4.69, 9.17) is 10.00 Å². The van der Waals surface area contributed by atoms with Crippen LogP contribution in [0.4, 0.5) is 0 Å². The zero-order valence-electron chi connectivity index (χ0n) is 13.6. The van der Waals surface area contributed by atoms with Gasteiger partial charge in [-0.15, -0.1) is 5.11 Å². The maximum absolute atomic E-state index is 12.5. The van der Waals surface area contributed by atoms with Crippen molar-refractivity contribution in [2.75, 3.05) is 19.6 Å². The third-order valence-electron chi connectivity index (χ3n) is 4.07. The highest BCUT2D eigenvalue weighted by molar-refractivity contribution is 9.10. The van der Waals surface area contributed by atoms with E-state index < -0.39 is 0 Å². The minimum atomic E-state index is -0.0881. The summed E-state index contributed by atoms with van der Waals surface area (Å²) in [5.41, 5.74) is 0.955. The van der Waals surface area contributed by atoms with Gasteiger partial charge in [0, 0.05) is 30.4 Å². The molecule has 0 aliphatic carbocycles. The van der Waals surface area contributed by atoms with Gasteiger partial charge in [0.1, 0.15) is 17.9 Å². The van der Waals surface area contributed by atoms with Crippen LogP contribution in [0.1, 0.15) is 18.4 Å². The highest BCUT2D eigenvalue weighted by atomic mass is 79.9. The first-order valence-electron chi connectivity index (χ1n) is 8.07. The molecule has 2 aliphatic heterocycles. The fourth-order valence-corrected chi connectivity index (χ4v) is 3.17. The van der Waals surface area contributed by atoms with E-state index in [1.54, 1.807) is 29.2 Å².